The zero-order valence-corrected chi connectivity index (χ0v) is 21.5. The fraction of sp³-hybridized carbons (Fsp3) is 0.385. The van der Waals surface area contributed by atoms with Gasteiger partial charge in [0.1, 0.15) is 16.6 Å². The van der Waals surface area contributed by atoms with Gasteiger partial charge in [-0.3, -0.25) is 4.98 Å². The molecule has 4 aromatic rings. The summed E-state index contributed by atoms with van der Waals surface area (Å²) in [5, 5.41) is 10.7. The zero-order chi connectivity index (χ0) is 26.3. The van der Waals surface area contributed by atoms with Crippen LogP contribution < -0.4 is 10.6 Å². The first-order valence-electron chi connectivity index (χ1n) is 12.2. The Bertz CT molecular complexity index is 1700. The maximum atomic E-state index is 16.5. The molecular formula is C26H23F2N7O2S. The maximum absolute atomic E-state index is 16.5. The molecule has 1 aromatic carbocycles. The van der Waals surface area contributed by atoms with Crippen molar-refractivity contribution in [3.05, 3.63) is 40.7 Å². The molecule has 12 heteroatoms. The summed E-state index contributed by atoms with van der Waals surface area (Å²) < 4.78 is 42.7. The van der Waals surface area contributed by atoms with Gasteiger partial charge < -0.3 is 25.0 Å². The third kappa shape index (κ3) is 3.13. The Morgan fingerprint density at radius 2 is 1.97 bits per heavy atom. The number of nitrogen functional groups attached to an aromatic ring is 1. The van der Waals surface area contributed by atoms with Crippen molar-refractivity contribution in [2.75, 3.05) is 51.0 Å². The van der Waals surface area contributed by atoms with Crippen molar-refractivity contribution in [1.29, 1.82) is 5.26 Å². The zero-order valence-electron chi connectivity index (χ0n) is 20.7. The lowest BCUT2D eigenvalue weighted by molar-refractivity contribution is -0.127. The van der Waals surface area contributed by atoms with Gasteiger partial charge in [-0.1, -0.05) is 0 Å². The molecule has 0 bridgehead atoms. The van der Waals surface area contributed by atoms with Gasteiger partial charge in [0.15, 0.2) is 11.6 Å². The Balaban J connectivity index is 1.44. The molecule has 0 saturated carbocycles. The first-order valence-corrected chi connectivity index (χ1v) is 13.0. The van der Waals surface area contributed by atoms with Crippen molar-refractivity contribution in [2.45, 2.75) is 19.3 Å². The van der Waals surface area contributed by atoms with Gasteiger partial charge in [0.2, 0.25) is 5.95 Å². The molecule has 0 aliphatic carbocycles. The number of nitriles is 1. The largest absolute Gasteiger partial charge is 0.389 e. The molecule has 1 spiro atoms. The second-order valence-electron chi connectivity index (χ2n) is 10.4. The van der Waals surface area contributed by atoms with Gasteiger partial charge in [0.05, 0.1) is 54.0 Å². The van der Waals surface area contributed by atoms with Crippen LogP contribution in [0.5, 0.6) is 0 Å². The first kappa shape index (κ1) is 23.6. The van der Waals surface area contributed by atoms with E-state index in [0.29, 0.717) is 43.2 Å². The van der Waals surface area contributed by atoms with E-state index in [-0.39, 0.29) is 62.1 Å². The Labute approximate surface area is 220 Å². The minimum atomic E-state index is -0.612. The number of nitrogens with zero attached hydrogens (tertiary/aromatic N) is 6. The SMILES string of the molecule is CN(C)C1CN(c2ncc3c4c(c(-c5ncc(F)c6sc(N)c(C#N)c56)c(F)c3n2)COC4)CC12COC2. The highest BCUT2D eigenvalue weighted by molar-refractivity contribution is 7.23. The van der Waals surface area contributed by atoms with E-state index in [2.05, 4.69) is 19.8 Å². The molecule has 9 nitrogen and oxygen atoms in total. The highest BCUT2D eigenvalue weighted by atomic mass is 32.1. The van der Waals surface area contributed by atoms with Crippen LogP contribution in [0.2, 0.25) is 0 Å². The number of hydrogen-bond acceptors (Lipinski definition) is 10. The van der Waals surface area contributed by atoms with E-state index in [1.54, 1.807) is 6.20 Å². The van der Waals surface area contributed by atoms with Gasteiger partial charge in [0, 0.05) is 41.7 Å². The van der Waals surface area contributed by atoms with Crippen molar-refractivity contribution in [3.8, 4) is 17.3 Å². The van der Waals surface area contributed by atoms with Gasteiger partial charge in [-0.25, -0.2) is 18.7 Å². The molecule has 1 atom stereocenters. The molecule has 38 heavy (non-hydrogen) atoms. The number of likely N-dealkylation sites (N-methyl/N-ethyl adjacent to an activating group) is 1. The summed E-state index contributed by atoms with van der Waals surface area (Å²) in [5.41, 5.74) is 7.92. The molecule has 3 aromatic heterocycles. The van der Waals surface area contributed by atoms with E-state index in [0.717, 1.165) is 23.1 Å². The van der Waals surface area contributed by atoms with Gasteiger partial charge in [-0.05, 0) is 25.2 Å². The molecule has 3 aliphatic rings. The van der Waals surface area contributed by atoms with E-state index in [1.165, 1.54) is 0 Å². The van der Waals surface area contributed by atoms with E-state index >= 15 is 4.39 Å². The predicted octanol–water partition coefficient (Wildman–Crippen LogP) is 3.44. The third-order valence-electron chi connectivity index (χ3n) is 8.02. The molecule has 2 fully saturated rings. The van der Waals surface area contributed by atoms with Crippen LogP contribution in [-0.4, -0.2) is 66.3 Å². The molecule has 194 valence electrons. The number of ether oxygens (including phenoxy) is 2. The van der Waals surface area contributed by atoms with Crippen LogP contribution in [0, 0.1) is 28.4 Å². The predicted molar refractivity (Wildman–Crippen MR) is 139 cm³/mol. The number of nitrogens with two attached hydrogens (primary N) is 1. The number of halogens is 2. The summed E-state index contributed by atoms with van der Waals surface area (Å²) >= 11 is 0.951. The van der Waals surface area contributed by atoms with Crippen LogP contribution in [0.15, 0.2) is 12.4 Å². The lowest BCUT2D eigenvalue weighted by Gasteiger charge is -2.44. The number of hydrogen-bond donors (Lipinski definition) is 1. The second-order valence-corrected chi connectivity index (χ2v) is 11.5. The van der Waals surface area contributed by atoms with E-state index < -0.39 is 11.6 Å². The van der Waals surface area contributed by atoms with Crippen molar-refractivity contribution < 1.29 is 18.3 Å². The third-order valence-corrected chi connectivity index (χ3v) is 9.05. The van der Waals surface area contributed by atoms with Crippen LogP contribution >= 0.6 is 11.3 Å². The van der Waals surface area contributed by atoms with Crippen molar-refractivity contribution in [3.63, 3.8) is 0 Å². The first-order chi connectivity index (χ1) is 18.3. The van der Waals surface area contributed by atoms with Gasteiger partial charge in [0.25, 0.3) is 0 Å². The Kier molecular flexibility index (Phi) is 5.12. The van der Waals surface area contributed by atoms with Crippen LogP contribution in [0.25, 0.3) is 32.2 Å². The molecule has 1 unspecified atom stereocenters. The molecule has 3 aliphatic heterocycles. The minimum absolute atomic E-state index is 0.00644. The van der Waals surface area contributed by atoms with E-state index in [1.807, 2.05) is 20.2 Å². The fourth-order valence-corrected chi connectivity index (χ4v) is 7.08. The smallest absolute Gasteiger partial charge is 0.226 e. The minimum Gasteiger partial charge on any atom is -0.389 e. The van der Waals surface area contributed by atoms with Crippen molar-refractivity contribution in [2.24, 2.45) is 5.41 Å². The molecule has 2 N–H and O–H groups in total. The number of benzene rings is 1. The van der Waals surface area contributed by atoms with Crippen LogP contribution in [-0.2, 0) is 22.7 Å². The van der Waals surface area contributed by atoms with E-state index in [9.17, 15) is 9.65 Å². The van der Waals surface area contributed by atoms with E-state index in [4.69, 9.17) is 20.2 Å². The van der Waals surface area contributed by atoms with Crippen molar-refractivity contribution >= 4 is 43.3 Å². The number of pyridine rings is 1. The average molecular weight is 536 g/mol. The van der Waals surface area contributed by atoms with Crippen LogP contribution in [0.1, 0.15) is 16.7 Å². The maximum Gasteiger partial charge on any atom is 0.226 e. The Morgan fingerprint density at radius 1 is 1.18 bits per heavy atom. The summed E-state index contributed by atoms with van der Waals surface area (Å²) in [4.78, 5) is 17.9. The summed E-state index contributed by atoms with van der Waals surface area (Å²) in [5.74, 6) is -0.780. The summed E-state index contributed by atoms with van der Waals surface area (Å²) in [6.07, 6.45) is 2.69. The molecule has 6 heterocycles. The molecule has 7 rings (SSSR count). The molecular weight excluding hydrogens is 512 g/mol. The van der Waals surface area contributed by atoms with Crippen LogP contribution in [0.4, 0.5) is 19.7 Å². The standard InChI is InChI=1S/C26H23F2N7O2S/c1-34(2)17-6-35(9-26(17)10-37-11-26)25-32-4-13-14-7-36-8-15(14)18(20(28)21(13)33-25)22-19-12(3-29)24(30)38-23(19)16(27)5-31-22/h4-5,17H,6-11,30H2,1-2H3. The van der Waals surface area contributed by atoms with Gasteiger partial charge in [-0.2, -0.15) is 5.26 Å². The Morgan fingerprint density at radius 3 is 2.66 bits per heavy atom. The topological polar surface area (TPSA) is 113 Å². The number of fused-ring (bicyclic) bond motifs is 4. The van der Waals surface area contributed by atoms with Crippen molar-refractivity contribution in [1.82, 2.24) is 19.9 Å². The quantitative estimate of drug-likeness (QED) is 0.421. The molecule has 2 saturated heterocycles. The fourth-order valence-electron chi connectivity index (χ4n) is 6.16. The number of thiophene rings is 1. The highest BCUT2D eigenvalue weighted by Gasteiger charge is 2.53. The summed E-state index contributed by atoms with van der Waals surface area (Å²) in [6.45, 7) is 3.16. The lowest BCUT2D eigenvalue weighted by atomic mass is 9.80. The normalized spacial score (nSPS) is 20.0. The Hall–Kier alpha value is -3.50. The second kappa shape index (κ2) is 8.25. The average Bonchev–Trinajstić information content (AvgIpc) is 3.60. The highest BCUT2D eigenvalue weighted by Crippen LogP contribution is 2.46. The number of aromatic nitrogens is 3. The monoisotopic (exact) mass is 535 g/mol. The summed E-state index contributed by atoms with van der Waals surface area (Å²) in [7, 11) is 4.10. The summed E-state index contributed by atoms with van der Waals surface area (Å²) in [6, 6.07) is 2.30. The lowest BCUT2D eigenvalue weighted by Crippen LogP contribution is -2.55. The number of anilines is 2. The number of rotatable bonds is 3. The van der Waals surface area contributed by atoms with Gasteiger partial charge in [-0.15, -0.1) is 11.3 Å². The van der Waals surface area contributed by atoms with Crippen LogP contribution in [0.3, 0.4) is 0 Å². The molecule has 0 amide bonds. The molecule has 0 radical (unpaired) electrons. The van der Waals surface area contributed by atoms with Gasteiger partial charge >= 0.3 is 0 Å².